The monoisotopic (exact) mass is 476 g/mol. The zero-order chi connectivity index (χ0) is 24.4. The van der Waals surface area contributed by atoms with Gasteiger partial charge in [0, 0.05) is 17.8 Å². The molecule has 2 aliphatic heterocycles. The number of hydrogen-bond donors (Lipinski definition) is 2. The molecule has 0 spiro atoms. The number of fused-ring (bicyclic) bond motifs is 1. The summed E-state index contributed by atoms with van der Waals surface area (Å²) in [5.41, 5.74) is 4.64. The fourth-order valence-corrected chi connectivity index (χ4v) is 4.83. The van der Waals surface area contributed by atoms with Crippen molar-refractivity contribution in [2.45, 2.75) is 32.3 Å². The van der Waals surface area contributed by atoms with Crippen molar-refractivity contribution in [3.05, 3.63) is 53.9 Å². The highest BCUT2D eigenvalue weighted by Crippen LogP contribution is 2.35. The largest absolute Gasteiger partial charge is 0.497 e. The third kappa shape index (κ3) is 5.12. The molecule has 0 bridgehead atoms. The van der Waals surface area contributed by atoms with Gasteiger partial charge < -0.3 is 24.4 Å². The molecule has 2 atom stereocenters. The van der Waals surface area contributed by atoms with Crippen LogP contribution >= 0.6 is 0 Å². The minimum Gasteiger partial charge on any atom is -0.497 e. The van der Waals surface area contributed by atoms with Gasteiger partial charge in [-0.15, -0.1) is 0 Å². The van der Waals surface area contributed by atoms with Gasteiger partial charge in [0.15, 0.2) is 0 Å². The van der Waals surface area contributed by atoms with Crippen LogP contribution in [0.5, 0.6) is 17.2 Å². The Kier molecular flexibility index (Phi) is 6.63. The number of carbonyl (C=O) groups excluding carboxylic acids is 1. The van der Waals surface area contributed by atoms with Gasteiger partial charge in [-0.25, -0.2) is 0 Å². The Bertz CT molecular complexity index is 1210. The summed E-state index contributed by atoms with van der Waals surface area (Å²) < 4.78 is 17.7. The molecular weight excluding hydrogens is 444 g/mol. The summed E-state index contributed by atoms with van der Waals surface area (Å²) in [6, 6.07) is 11.6. The normalized spacial score (nSPS) is 20.0. The Hall–Kier alpha value is -3.52. The number of likely N-dealkylation sites (tertiary alicyclic amines) is 1. The molecule has 8 heteroatoms. The van der Waals surface area contributed by atoms with Crippen LogP contribution in [0.3, 0.4) is 0 Å². The number of aromatic amines is 1. The quantitative estimate of drug-likeness (QED) is 0.558. The summed E-state index contributed by atoms with van der Waals surface area (Å²) in [6.45, 7) is 4.26. The van der Waals surface area contributed by atoms with E-state index in [-0.39, 0.29) is 17.9 Å². The lowest BCUT2D eigenvalue weighted by molar-refractivity contribution is -0.121. The average Bonchev–Trinajstić information content (AvgIpc) is 3.30. The Morgan fingerprint density at radius 1 is 1.26 bits per heavy atom. The van der Waals surface area contributed by atoms with Crippen molar-refractivity contribution in [1.29, 1.82) is 0 Å². The fourth-order valence-electron chi connectivity index (χ4n) is 4.83. The van der Waals surface area contributed by atoms with Gasteiger partial charge >= 0.3 is 0 Å². The van der Waals surface area contributed by atoms with Crippen LogP contribution in [-0.2, 0) is 11.2 Å². The van der Waals surface area contributed by atoms with Crippen LogP contribution in [-0.4, -0.2) is 61.0 Å². The molecule has 2 aliphatic rings. The van der Waals surface area contributed by atoms with E-state index >= 15 is 0 Å². The molecule has 184 valence electrons. The summed E-state index contributed by atoms with van der Waals surface area (Å²) in [4.78, 5) is 15.6. The van der Waals surface area contributed by atoms with Gasteiger partial charge in [0.25, 0.3) is 0 Å². The number of piperidine rings is 1. The number of amides is 1. The molecule has 1 amide bonds. The van der Waals surface area contributed by atoms with Gasteiger partial charge in [0.2, 0.25) is 5.91 Å². The summed E-state index contributed by atoms with van der Waals surface area (Å²) in [7, 11) is 3.75. The van der Waals surface area contributed by atoms with Crippen LogP contribution in [0.2, 0.25) is 0 Å². The molecule has 3 aromatic rings. The van der Waals surface area contributed by atoms with E-state index in [0.717, 1.165) is 59.8 Å². The van der Waals surface area contributed by atoms with Crippen molar-refractivity contribution >= 4 is 11.6 Å². The molecule has 1 saturated heterocycles. The van der Waals surface area contributed by atoms with Crippen molar-refractivity contribution in [3.63, 3.8) is 0 Å². The van der Waals surface area contributed by atoms with E-state index in [9.17, 15) is 4.79 Å². The maximum Gasteiger partial charge on any atom is 0.231 e. The van der Waals surface area contributed by atoms with Gasteiger partial charge in [-0.1, -0.05) is 6.07 Å². The number of hydrogen-bond acceptors (Lipinski definition) is 6. The molecule has 2 N–H and O–H groups in total. The van der Waals surface area contributed by atoms with E-state index in [4.69, 9.17) is 14.2 Å². The predicted octanol–water partition coefficient (Wildman–Crippen LogP) is 4.06. The summed E-state index contributed by atoms with van der Waals surface area (Å²) >= 11 is 0. The zero-order valence-corrected chi connectivity index (χ0v) is 20.5. The number of carbonyl (C=O) groups is 1. The van der Waals surface area contributed by atoms with Crippen LogP contribution < -0.4 is 19.5 Å². The zero-order valence-electron chi connectivity index (χ0n) is 20.5. The lowest BCUT2D eigenvalue weighted by atomic mass is 9.95. The van der Waals surface area contributed by atoms with Gasteiger partial charge in [0.05, 0.1) is 24.9 Å². The SMILES string of the molecule is COc1ccc2c(c1)C[C@H](C(=O)Nc1ccc(-c3cn[nH]c3C)cc1O[C@@H]1CCCN(C)C1)CO2. The molecule has 1 fully saturated rings. The highest BCUT2D eigenvalue weighted by molar-refractivity contribution is 5.95. The minimum atomic E-state index is -0.306. The Labute approximate surface area is 205 Å². The molecule has 3 heterocycles. The third-order valence-corrected chi connectivity index (χ3v) is 6.80. The molecule has 8 nitrogen and oxygen atoms in total. The number of methoxy groups -OCH3 is 1. The highest BCUT2D eigenvalue weighted by atomic mass is 16.5. The number of H-pyrrole nitrogens is 1. The van der Waals surface area contributed by atoms with E-state index < -0.39 is 0 Å². The smallest absolute Gasteiger partial charge is 0.231 e. The van der Waals surface area contributed by atoms with E-state index in [0.29, 0.717) is 24.5 Å². The fraction of sp³-hybridized carbons (Fsp3) is 0.407. The lowest BCUT2D eigenvalue weighted by Gasteiger charge is -2.31. The third-order valence-electron chi connectivity index (χ3n) is 6.80. The van der Waals surface area contributed by atoms with Crippen molar-refractivity contribution in [2.24, 2.45) is 5.92 Å². The first-order valence-corrected chi connectivity index (χ1v) is 12.1. The van der Waals surface area contributed by atoms with Crippen LogP contribution in [0.25, 0.3) is 11.1 Å². The van der Waals surface area contributed by atoms with Crippen molar-refractivity contribution in [1.82, 2.24) is 15.1 Å². The molecule has 0 radical (unpaired) electrons. The van der Waals surface area contributed by atoms with Crippen molar-refractivity contribution in [2.75, 3.05) is 39.2 Å². The first-order valence-electron chi connectivity index (χ1n) is 12.1. The van der Waals surface area contributed by atoms with Crippen molar-refractivity contribution < 1.29 is 19.0 Å². The summed E-state index contributed by atoms with van der Waals surface area (Å²) in [5, 5.41) is 10.3. The number of nitrogens with zero attached hydrogens (tertiary/aromatic N) is 2. The van der Waals surface area contributed by atoms with E-state index in [1.165, 1.54) is 0 Å². The molecule has 0 unspecified atom stereocenters. The first-order chi connectivity index (χ1) is 17.0. The van der Waals surface area contributed by atoms with Crippen molar-refractivity contribution in [3.8, 4) is 28.4 Å². The highest BCUT2D eigenvalue weighted by Gasteiger charge is 2.28. The molecule has 0 aliphatic carbocycles. The molecule has 35 heavy (non-hydrogen) atoms. The number of anilines is 1. The molecule has 0 saturated carbocycles. The van der Waals surface area contributed by atoms with Crippen LogP contribution in [0.4, 0.5) is 5.69 Å². The van der Waals surface area contributed by atoms with E-state index in [2.05, 4.69) is 27.5 Å². The number of nitrogens with one attached hydrogen (secondary N) is 2. The van der Waals surface area contributed by atoms with Crippen LogP contribution in [0.15, 0.2) is 42.6 Å². The maximum absolute atomic E-state index is 13.3. The topological polar surface area (TPSA) is 88.7 Å². The number of aryl methyl sites for hydroxylation is 1. The second-order valence-corrected chi connectivity index (χ2v) is 9.44. The van der Waals surface area contributed by atoms with Crippen LogP contribution in [0.1, 0.15) is 24.1 Å². The summed E-state index contributed by atoms with van der Waals surface area (Å²) in [5.74, 6) is 1.85. The Morgan fingerprint density at radius 3 is 2.91 bits per heavy atom. The van der Waals surface area contributed by atoms with Gasteiger partial charge in [-0.3, -0.25) is 9.89 Å². The van der Waals surface area contributed by atoms with Crippen LogP contribution in [0, 0.1) is 12.8 Å². The molecule has 1 aromatic heterocycles. The Balaban J connectivity index is 1.37. The maximum atomic E-state index is 13.3. The van der Waals surface area contributed by atoms with Gasteiger partial charge in [-0.05, 0) is 81.2 Å². The standard InChI is InChI=1S/C27H32N4O4/c1-17-23(14-28-30-17)18-6-8-24(26(13-18)35-22-5-4-10-31(2)15-22)29-27(32)20-11-19-12-21(33-3)7-9-25(19)34-16-20/h6-9,12-14,20,22H,4-5,10-11,15-16H2,1-3H3,(H,28,30)(H,29,32)/t20-,22+/m0/s1. The number of ether oxygens (including phenoxy) is 3. The van der Waals surface area contributed by atoms with Gasteiger partial charge in [-0.2, -0.15) is 5.10 Å². The second-order valence-electron chi connectivity index (χ2n) is 9.44. The lowest BCUT2D eigenvalue weighted by Crippen LogP contribution is -2.38. The minimum absolute atomic E-state index is 0.0717. The van der Waals surface area contributed by atoms with E-state index in [1.54, 1.807) is 7.11 Å². The number of rotatable bonds is 6. The first kappa shape index (κ1) is 23.2. The average molecular weight is 477 g/mol. The molecule has 2 aromatic carbocycles. The predicted molar refractivity (Wildman–Crippen MR) is 134 cm³/mol. The molecular formula is C27H32N4O4. The molecule has 5 rings (SSSR count). The van der Waals surface area contributed by atoms with Gasteiger partial charge in [0.1, 0.15) is 30.0 Å². The summed E-state index contributed by atoms with van der Waals surface area (Å²) in [6.07, 6.45) is 4.55. The van der Waals surface area contributed by atoms with E-state index in [1.807, 2.05) is 49.5 Å². The Morgan fingerprint density at radius 2 is 2.14 bits per heavy atom. The number of aromatic nitrogens is 2. The number of likely N-dealkylation sites (N-methyl/N-ethyl adjacent to an activating group) is 1. The second kappa shape index (κ2) is 10.00. The number of benzene rings is 2.